The van der Waals surface area contributed by atoms with Crippen molar-refractivity contribution in [3.05, 3.63) is 76.0 Å². The normalized spacial score (nSPS) is 11.1. The molecular weight excluding hydrogens is 396 g/mol. The Morgan fingerprint density at radius 1 is 1.00 bits per heavy atom. The molecule has 5 aromatic rings. The van der Waals surface area contributed by atoms with Crippen LogP contribution in [0.1, 0.15) is 21.9 Å². The summed E-state index contributed by atoms with van der Waals surface area (Å²) in [5, 5.41) is 20.6. The molecule has 31 heavy (non-hydrogen) atoms. The van der Waals surface area contributed by atoms with Gasteiger partial charge in [-0.3, -0.25) is 9.59 Å². The van der Waals surface area contributed by atoms with E-state index in [-0.39, 0.29) is 5.69 Å². The van der Waals surface area contributed by atoms with Gasteiger partial charge in [0, 0.05) is 5.56 Å². The molecule has 5 rings (SSSR count). The number of carbonyl (C=O) groups excluding carboxylic acids is 1. The molecule has 0 radical (unpaired) electrons. The van der Waals surface area contributed by atoms with Crippen LogP contribution in [-0.4, -0.2) is 46.7 Å². The second-order valence-electron chi connectivity index (χ2n) is 6.94. The Labute approximate surface area is 175 Å². The topological polar surface area (TPSA) is 135 Å². The lowest BCUT2D eigenvalue weighted by atomic mass is 9.95. The van der Waals surface area contributed by atoms with Crippen molar-refractivity contribution in [3.8, 4) is 22.5 Å². The molecule has 0 unspecified atom stereocenters. The first-order chi connectivity index (χ1) is 15.2. The molecule has 0 fully saturated rings. The van der Waals surface area contributed by atoms with Crippen LogP contribution in [0.3, 0.4) is 0 Å². The maximum absolute atomic E-state index is 12.5. The monoisotopic (exact) mass is 412 g/mol. The zero-order chi connectivity index (χ0) is 21.4. The summed E-state index contributed by atoms with van der Waals surface area (Å²) in [7, 11) is 0. The van der Waals surface area contributed by atoms with Crippen molar-refractivity contribution in [2.24, 2.45) is 0 Å². The molecule has 2 N–H and O–H groups in total. The van der Waals surface area contributed by atoms with E-state index < -0.39 is 5.56 Å². The largest absolute Gasteiger partial charge is 0.319 e. The van der Waals surface area contributed by atoms with Crippen LogP contribution < -0.4 is 5.56 Å². The fourth-order valence-corrected chi connectivity index (χ4v) is 3.75. The molecule has 0 saturated heterocycles. The van der Waals surface area contributed by atoms with Crippen LogP contribution in [0.15, 0.2) is 53.3 Å². The van der Waals surface area contributed by atoms with Crippen molar-refractivity contribution in [1.29, 1.82) is 0 Å². The number of tetrazole rings is 1. The summed E-state index contributed by atoms with van der Waals surface area (Å²) in [4.78, 5) is 28.3. The number of aldehydes is 1. The molecule has 2 aromatic carbocycles. The highest BCUT2D eigenvalue weighted by atomic mass is 16.1. The van der Waals surface area contributed by atoms with Gasteiger partial charge in [-0.2, -0.15) is 10.3 Å². The first kappa shape index (κ1) is 18.6. The summed E-state index contributed by atoms with van der Waals surface area (Å²) >= 11 is 0. The van der Waals surface area contributed by atoms with E-state index in [1.807, 2.05) is 48.5 Å². The number of aryl methyl sites for hydroxylation is 1. The predicted octanol–water partition coefficient (Wildman–Crippen LogP) is 2.14. The average Bonchev–Trinajstić information content (AvgIpc) is 3.44. The minimum absolute atomic E-state index is 0.104. The molecule has 10 heteroatoms. The molecule has 0 atom stereocenters. The first-order valence-corrected chi connectivity index (χ1v) is 9.49. The van der Waals surface area contributed by atoms with Crippen LogP contribution >= 0.6 is 0 Å². The molecular formula is C21H16N8O2. The van der Waals surface area contributed by atoms with E-state index in [9.17, 15) is 9.59 Å². The summed E-state index contributed by atoms with van der Waals surface area (Å²) in [6.07, 6.45) is 0.587. The third-order valence-electron chi connectivity index (χ3n) is 5.15. The number of rotatable bonds is 5. The van der Waals surface area contributed by atoms with E-state index >= 15 is 0 Å². The van der Waals surface area contributed by atoms with Gasteiger partial charge in [0.25, 0.3) is 5.56 Å². The van der Waals surface area contributed by atoms with E-state index in [1.165, 1.54) is 0 Å². The van der Waals surface area contributed by atoms with E-state index in [1.54, 1.807) is 11.5 Å². The van der Waals surface area contributed by atoms with Crippen LogP contribution in [0.4, 0.5) is 0 Å². The molecule has 0 saturated carbocycles. The van der Waals surface area contributed by atoms with Crippen LogP contribution in [-0.2, 0) is 6.54 Å². The fourth-order valence-electron chi connectivity index (χ4n) is 3.75. The molecule has 0 bridgehead atoms. The second-order valence-corrected chi connectivity index (χ2v) is 6.94. The maximum atomic E-state index is 12.5. The second kappa shape index (κ2) is 7.41. The highest BCUT2D eigenvalue weighted by Crippen LogP contribution is 2.32. The third kappa shape index (κ3) is 3.10. The van der Waals surface area contributed by atoms with Crippen molar-refractivity contribution in [2.45, 2.75) is 13.5 Å². The molecule has 0 aliphatic rings. The van der Waals surface area contributed by atoms with Crippen molar-refractivity contribution in [1.82, 2.24) is 40.4 Å². The van der Waals surface area contributed by atoms with Gasteiger partial charge in [0.1, 0.15) is 16.9 Å². The summed E-state index contributed by atoms with van der Waals surface area (Å²) in [5.41, 5.74) is 4.01. The Bertz CT molecular complexity index is 1470. The zero-order valence-electron chi connectivity index (χ0n) is 16.4. The van der Waals surface area contributed by atoms with E-state index in [0.717, 1.165) is 22.3 Å². The Kier molecular flexibility index (Phi) is 4.43. The SMILES string of the molecule is Cc1nc2c(C=O)n[nH]c(=O)c2n1Cc1ccccc1-c1ccccc1-c1nn[nH]n1. The lowest BCUT2D eigenvalue weighted by Gasteiger charge is -2.14. The molecule has 0 aliphatic heterocycles. The van der Waals surface area contributed by atoms with E-state index in [2.05, 4.69) is 35.8 Å². The number of imidazole rings is 1. The Morgan fingerprint density at radius 3 is 2.48 bits per heavy atom. The van der Waals surface area contributed by atoms with Gasteiger partial charge in [-0.15, -0.1) is 10.2 Å². The highest BCUT2D eigenvalue weighted by Gasteiger charge is 2.18. The number of benzene rings is 2. The van der Waals surface area contributed by atoms with Crippen LogP contribution in [0.5, 0.6) is 0 Å². The number of nitrogens with zero attached hydrogens (tertiary/aromatic N) is 6. The van der Waals surface area contributed by atoms with Gasteiger partial charge in [-0.1, -0.05) is 48.5 Å². The number of aromatic amines is 2. The van der Waals surface area contributed by atoms with E-state index in [0.29, 0.717) is 35.5 Å². The first-order valence-electron chi connectivity index (χ1n) is 9.49. The van der Waals surface area contributed by atoms with Gasteiger partial charge in [0.2, 0.25) is 5.82 Å². The number of hydrogen-bond acceptors (Lipinski definition) is 7. The van der Waals surface area contributed by atoms with Gasteiger partial charge < -0.3 is 4.57 Å². The number of fused-ring (bicyclic) bond motifs is 1. The molecule has 0 spiro atoms. The molecule has 3 aromatic heterocycles. The fraction of sp³-hybridized carbons (Fsp3) is 0.0952. The minimum Gasteiger partial charge on any atom is -0.319 e. The summed E-state index contributed by atoms with van der Waals surface area (Å²) in [6.45, 7) is 2.17. The van der Waals surface area contributed by atoms with Crippen LogP contribution in [0.2, 0.25) is 0 Å². The standard InChI is InChI=1S/C21H16N8O2/c1-12-22-18-17(11-30)23-26-21(31)19(18)29(12)10-13-6-2-3-7-14(13)15-8-4-5-9-16(15)20-24-27-28-25-20/h2-9,11H,10H2,1H3,(H,26,31)(H,24,25,27,28). The number of nitrogens with one attached hydrogen (secondary N) is 2. The van der Waals surface area contributed by atoms with Crippen LogP contribution in [0.25, 0.3) is 33.5 Å². The molecule has 10 nitrogen and oxygen atoms in total. The smallest absolute Gasteiger partial charge is 0.290 e. The van der Waals surface area contributed by atoms with Gasteiger partial charge in [0.05, 0.1) is 6.54 Å². The minimum atomic E-state index is -0.397. The molecule has 152 valence electrons. The number of hydrogen-bond donors (Lipinski definition) is 2. The van der Waals surface area contributed by atoms with Crippen molar-refractivity contribution >= 4 is 17.3 Å². The summed E-state index contributed by atoms with van der Waals surface area (Å²) in [6, 6.07) is 15.7. The van der Waals surface area contributed by atoms with Crippen molar-refractivity contribution in [3.63, 3.8) is 0 Å². The lowest BCUT2D eigenvalue weighted by molar-refractivity contribution is 0.111. The van der Waals surface area contributed by atoms with Gasteiger partial charge in [-0.05, 0) is 28.8 Å². The molecule has 3 heterocycles. The Morgan fingerprint density at radius 2 is 1.74 bits per heavy atom. The average molecular weight is 412 g/mol. The molecule has 0 amide bonds. The van der Waals surface area contributed by atoms with Gasteiger partial charge in [-0.25, -0.2) is 10.1 Å². The highest BCUT2D eigenvalue weighted by molar-refractivity contribution is 5.91. The molecule has 0 aliphatic carbocycles. The Balaban J connectivity index is 1.68. The summed E-state index contributed by atoms with van der Waals surface area (Å²) < 4.78 is 1.79. The number of carbonyl (C=O) groups is 1. The lowest BCUT2D eigenvalue weighted by Crippen LogP contribution is -2.15. The predicted molar refractivity (Wildman–Crippen MR) is 112 cm³/mol. The zero-order valence-corrected chi connectivity index (χ0v) is 16.4. The van der Waals surface area contributed by atoms with E-state index in [4.69, 9.17) is 0 Å². The Hall–Kier alpha value is -4.47. The maximum Gasteiger partial charge on any atom is 0.290 e. The third-order valence-corrected chi connectivity index (χ3v) is 5.15. The summed E-state index contributed by atoms with van der Waals surface area (Å²) in [5.74, 6) is 1.10. The number of H-pyrrole nitrogens is 2. The van der Waals surface area contributed by atoms with Gasteiger partial charge >= 0.3 is 0 Å². The van der Waals surface area contributed by atoms with Crippen LogP contribution in [0, 0.1) is 6.92 Å². The van der Waals surface area contributed by atoms with Gasteiger partial charge in [0.15, 0.2) is 12.0 Å². The van der Waals surface area contributed by atoms with Crippen molar-refractivity contribution in [2.75, 3.05) is 0 Å². The van der Waals surface area contributed by atoms with Crippen molar-refractivity contribution < 1.29 is 4.79 Å². The quantitative estimate of drug-likeness (QED) is 0.422. The number of aromatic nitrogens is 8.